The second kappa shape index (κ2) is 5.63. The van der Waals surface area contributed by atoms with Gasteiger partial charge in [0.05, 0.1) is 0 Å². The van der Waals surface area contributed by atoms with Gasteiger partial charge in [0.25, 0.3) is 0 Å². The predicted molar refractivity (Wildman–Crippen MR) is 82.9 cm³/mol. The highest BCUT2D eigenvalue weighted by molar-refractivity contribution is 5.89. The lowest BCUT2D eigenvalue weighted by molar-refractivity contribution is -0.131. The van der Waals surface area contributed by atoms with E-state index in [0.717, 1.165) is 25.3 Å². The summed E-state index contributed by atoms with van der Waals surface area (Å²) in [6.45, 7) is 6.26. The molecule has 0 aliphatic heterocycles. The molecule has 0 saturated carbocycles. The van der Waals surface area contributed by atoms with E-state index < -0.39 is 11.4 Å². The maximum absolute atomic E-state index is 12.6. The highest BCUT2D eigenvalue weighted by Crippen LogP contribution is 2.49. The van der Waals surface area contributed by atoms with Gasteiger partial charge in [0.15, 0.2) is 0 Å². The molecule has 0 saturated heterocycles. The molecule has 21 heavy (non-hydrogen) atoms. The number of hydrogen-bond donors (Lipinski definition) is 1. The van der Waals surface area contributed by atoms with E-state index in [0.29, 0.717) is 12.8 Å². The Labute approximate surface area is 126 Å². The Bertz CT molecular complexity index is 553. The molecule has 0 aromatic heterocycles. The van der Waals surface area contributed by atoms with E-state index in [4.69, 9.17) is 5.11 Å². The zero-order chi connectivity index (χ0) is 15.7. The first-order chi connectivity index (χ1) is 9.75. The number of carbonyl (C=O) groups excluding carboxylic acids is 1. The Morgan fingerprint density at radius 3 is 2.76 bits per heavy atom. The summed E-state index contributed by atoms with van der Waals surface area (Å²) in [4.78, 5) is 23.2. The van der Waals surface area contributed by atoms with Crippen molar-refractivity contribution in [3.8, 4) is 0 Å². The number of ketones is 1. The topological polar surface area (TPSA) is 54.4 Å². The van der Waals surface area contributed by atoms with Crippen molar-refractivity contribution in [3.63, 3.8) is 0 Å². The third-order valence-electron chi connectivity index (χ3n) is 4.95. The molecule has 2 aliphatic rings. The van der Waals surface area contributed by atoms with Gasteiger partial charge in [-0.05, 0) is 44.9 Å². The molecule has 0 amide bonds. The van der Waals surface area contributed by atoms with E-state index in [1.165, 1.54) is 11.1 Å². The molecule has 0 spiro atoms. The molecular weight excluding hydrogens is 264 g/mol. The van der Waals surface area contributed by atoms with Gasteiger partial charge in [0, 0.05) is 17.9 Å². The maximum atomic E-state index is 12.6. The summed E-state index contributed by atoms with van der Waals surface area (Å²) < 4.78 is 0. The minimum Gasteiger partial charge on any atom is -0.478 e. The molecule has 114 valence electrons. The fourth-order valence-electron chi connectivity index (χ4n) is 3.30. The normalized spacial score (nSPS) is 33.2. The summed E-state index contributed by atoms with van der Waals surface area (Å²) in [6.07, 6.45) is 11.1. The average Bonchev–Trinajstić information content (AvgIpc) is 2.51. The third kappa shape index (κ3) is 3.34. The highest BCUT2D eigenvalue weighted by atomic mass is 16.4. The number of fused-ring (bicyclic) bond motifs is 1. The van der Waals surface area contributed by atoms with Gasteiger partial charge in [-0.15, -0.1) is 0 Å². The van der Waals surface area contributed by atoms with Crippen LogP contribution < -0.4 is 0 Å². The standard InChI is InChI=1S/C18H24O3/c1-13-6-7-14-11-18(3,9-4-5-16(20)21)15(19)12-17(14,2)10-8-13/h4-5,8,11H,6-7,9-10,12H2,1-3H3,(H,20,21)/b5-4+/t17-,18-/m1/s1. The SMILES string of the molecule is CC1=CC[C@]2(C)CC(=O)[C@](C)(C/C=C/C(=O)O)C=C2CC1. The van der Waals surface area contributed by atoms with Crippen molar-refractivity contribution in [1.29, 1.82) is 0 Å². The Kier molecular flexibility index (Phi) is 4.22. The Hall–Kier alpha value is -1.64. The second-order valence-electron chi connectivity index (χ2n) is 6.95. The molecule has 3 nitrogen and oxygen atoms in total. The van der Waals surface area contributed by atoms with E-state index in [9.17, 15) is 9.59 Å². The van der Waals surface area contributed by atoms with E-state index >= 15 is 0 Å². The van der Waals surface area contributed by atoms with Gasteiger partial charge < -0.3 is 5.11 Å². The van der Waals surface area contributed by atoms with Crippen LogP contribution in [0.25, 0.3) is 0 Å². The fraction of sp³-hybridized carbons (Fsp3) is 0.556. The first kappa shape index (κ1) is 15.7. The zero-order valence-electron chi connectivity index (χ0n) is 13.1. The number of Topliss-reactive ketones (excluding diaryl/α,β-unsaturated/α-hetero) is 1. The molecule has 0 aromatic carbocycles. The largest absolute Gasteiger partial charge is 0.478 e. The minimum atomic E-state index is -0.964. The number of carboxylic acids is 1. The van der Waals surface area contributed by atoms with Gasteiger partial charge in [-0.2, -0.15) is 0 Å². The van der Waals surface area contributed by atoms with Gasteiger partial charge in [0.1, 0.15) is 5.78 Å². The van der Waals surface area contributed by atoms with Crippen LogP contribution in [0.4, 0.5) is 0 Å². The van der Waals surface area contributed by atoms with Crippen molar-refractivity contribution in [3.05, 3.63) is 35.5 Å². The number of aliphatic carboxylic acids is 1. The molecule has 0 radical (unpaired) electrons. The van der Waals surface area contributed by atoms with Gasteiger partial charge in [0.2, 0.25) is 0 Å². The van der Waals surface area contributed by atoms with Crippen LogP contribution in [0.1, 0.15) is 52.9 Å². The van der Waals surface area contributed by atoms with Crippen molar-refractivity contribution in [2.75, 3.05) is 0 Å². The highest BCUT2D eigenvalue weighted by Gasteiger charge is 2.43. The molecule has 0 heterocycles. The van der Waals surface area contributed by atoms with Crippen LogP contribution in [0.5, 0.6) is 0 Å². The molecule has 0 bridgehead atoms. The molecule has 3 heteroatoms. The van der Waals surface area contributed by atoms with Crippen molar-refractivity contribution in [2.45, 2.75) is 52.9 Å². The van der Waals surface area contributed by atoms with Crippen molar-refractivity contribution >= 4 is 11.8 Å². The minimum absolute atomic E-state index is 0.0507. The molecule has 0 unspecified atom stereocenters. The zero-order valence-corrected chi connectivity index (χ0v) is 13.1. The van der Waals surface area contributed by atoms with Gasteiger partial charge in [-0.25, -0.2) is 4.79 Å². The number of allylic oxidation sites excluding steroid dienone is 5. The van der Waals surface area contributed by atoms with Crippen LogP contribution in [-0.2, 0) is 9.59 Å². The van der Waals surface area contributed by atoms with Crippen molar-refractivity contribution in [1.82, 2.24) is 0 Å². The summed E-state index contributed by atoms with van der Waals surface area (Å²) in [6, 6.07) is 0. The van der Waals surface area contributed by atoms with E-state index in [-0.39, 0.29) is 11.2 Å². The maximum Gasteiger partial charge on any atom is 0.327 e. The molecule has 2 aliphatic carbocycles. The Morgan fingerprint density at radius 2 is 2.10 bits per heavy atom. The first-order valence-electron chi connectivity index (χ1n) is 7.56. The molecule has 2 rings (SSSR count). The number of carbonyl (C=O) groups is 2. The van der Waals surface area contributed by atoms with Crippen LogP contribution >= 0.6 is 0 Å². The molecule has 0 aromatic rings. The van der Waals surface area contributed by atoms with Crippen molar-refractivity contribution in [2.24, 2.45) is 10.8 Å². The smallest absolute Gasteiger partial charge is 0.327 e. The van der Waals surface area contributed by atoms with E-state index in [2.05, 4.69) is 26.0 Å². The summed E-state index contributed by atoms with van der Waals surface area (Å²) >= 11 is 0. The average molecular weight is 288 g/mol. The lowest BCUT2D eigenvalue weighted by atomic mass is 9.62. The summed E-state index contributed by atoms with van der Waals surface area (Å²) in [5.41, 5.74) is 2.15. The van der Waals surface area contributed by atoms with Crippen LogP contribution in [0, 0.1) is 10.8 Å². The van der Waals surface area contributed by atoms with E-state index in [1.807, 2.05) is 6.92 Å². The first-order valence-corrected chi connectivity index (χ1v) is 7.56. The lowest BCUT2D eigenvalue weighted by Gasteiger charge is -2.40. The van der Waals surface area contributed by atoms with Crippen LogP contribution in [0.2, 0.25) is 0 Å². The van der Waals surface area contributed by atoms with Gasteiger partial charge in [-0.1, -0.05) is 36.3 Å². The summed E-state index contributed by atoms with van der Waals surface area (Å²) in [5.74, 6) is -0.745. The molecule has 1 N–H and O–H groups in total. The number of rotatable bonds is 3. The van der Waals surface area contributed by atoms with Crippen LogP contribution in [0.15, 0.2) is 35.5 Å². The Morgan fingerprint density at radius 1 is 1.38 bits per heavy atom. The third-order valence-corrected chi connectivity index (χ3v) is 4.95. The van der Waals surface area contributed by atoms with Crippen molar-refractivity contribution < 1.29 is 14.7 Å². The number of carboxylic acid groups (broad SMARTS) is 1. The van der Waals surface area contributed by atoms with Gasteiger partial charge in [-0.3, -0.25) is 4.79 Å². The predicted octanol–water partition coefficient (Wildman–Crippen LogP) is 4.06. The van der Waals surface area contributed by atoms with Crippen LogP contribution in [0.3, 0.4) is 0 Å². The monoisotopic (exact) mass is 288 g/mol. The fourth-order valence-corrected chi connectivity index (χ4v) is 3.30. The van der Waals surface area contributed by atoms with Crippen LogP contribution in [-0.4, -0.2) is 16.9 Å². The molecular formula is C18H24O3. The second-order valence-corrected chi connectivity index (χ2v) is 6.95. The molecule has 0 fully saturated rings. The molecule has 2 atom stereocenters. The van der Waals surface area contributed by atoms with E-state index in [1.54, 1.807) is 6.08 Å². The Balaban J connectivity index is 2.29. The summed E-state index contributed by atoms with van der Waals surface area (Å²) in [7, 11) is 0. The quantitative estimate of drug-likeness (QED) is 0.629. The van der Waals surface area contributed by atoms with Gasteiger partial charge >= 0.3 is 5.97 Å². The summed E-state index contributed by atoms with van der Waals surface area (Å²) in [5, 5.41) is 8.69. The number of hydrogen-bond acceptors (Lipinski definition) is 2. The lowest BCUT2D eigenvalue weighted by Crippen LogP contribution is -2.37.